The average Bonchev–Trinajstić information content (AvgIpc) is 2.81. The van der Waals surface area contributed by atoms with E-state index in [1.54, 1.807) is 0 Å². The number of ether oxygens (including phenoxy) is 1. The van der Waals surface area contributed by atoms with Crippen molar-refractivity contribution in [2.75, 3.05) is 0 Å². The fraction of sp³-hybridized carbons (Fsp3) is 0.600. The second-order valence-electron chi connectivity index (χ2n) is 8.29. The summed E-state index contributed by atoms with van der Waals surface area (Å²) in [4.78, 5) is 27.0. The van der Waals surface area contributed by atoms with Crippen LogP contribution in [0.1, 0.15) is 52.0 Å². The summed E-state index contributed by atoms with van der Waals surface area (Å²) >= 11 is 5.98. The Hall–Kier alpha value is -1.75. The summed E-state index contributed by atoms with van der Waals surface area (Å²) in [6, 6.07) is 7.70. The number of hydrogen-bond donors (Lipinski definition) is 1. The minimum absolute atomic E-state index is 0.0506. The molecule has 2 amide bonds. The predicted octanol–water partition coefficient (Wildman–Crippen LogP) is 4.13. The van der Waals surface area contributed by atoms with Crippen LogP contribution in [0.25, 0.3) is 0 Å². The molecule has 5 nitrogen and oxygen atoms in total. The normalized spacial score (nSPS) is 25.1. The van der Waals surface area contributed by atoms with Gasteiger partial charge in [-0.2, -0.15) is 0 Å². The lowest BCUT2D eigenvalue weighted by atomic mass is 9.90. The molecular weight excluding hydrogens is 352 g/mol. The van der Waals surface area contributed by atoms with E-state index in [4.69, 9.17) is 16.3 Å². The summed E-state index contributed by atoms with van der Waals surface area (Å²) in [5.41, 5.74) is 0.488. The molecule has 2 aliphatic rings. The molecule has 3 rings (SSSR count). The molecular formula is C20H27ClN2O3. The van der Waals surface area contributed by atoms with Crippen molar-refractivity contribution in [3.63, 3.8) is 0 Å². The zero-order chi connectivity index (χ0) is 18.9. The molecule has 2 saturated heterocycles. The maximum Gasteiger partial charge on any atom is 0.410 e. The van der Waals surface area contributed by atoms with Crippen LogP contribution in [0.4, 0.5) is 4.79 Å². The van der Waals surface area contributed by atoms with E-state index in [1.165, 1.54) is 0 Å². The molecule has 0 saturated carbocycles. The molecule has 3 atom stereocenters. The van der Waals surface area contributed by atoms with Crippen molar-refractivity contribution >= 4 is 23.6 Å². The number of nitrogens with zero attached hydrogens (tertiary/aromatic N) is 1. The zero-order valence-electron chi connectivity index (χ0n) is 15.6. The lowest BCUT2D eigenvalue weighted by Gasteiger charge is -2.39. The van der Waals surface area contributed by atoms with E-state index in [1.807, 2.05) is 49.9 Å². The van der Waals surface area contributed by atoms with E-state index in [2.05, 4.69) is 5.32 Å². The van der Waals surface area contributed by atoms with Gasteiger partial charge in [-0.25, -0.2) is 4.79 Å². The predicted molar refractivity (Wildman–Crippen MR) is 101 cm³/mol. The fourth-order valence-electron chi connectivity index (χ4n) is 3.98. The molecule has 6 heteroatoms. The van der Waals surface area contributed by atoms with Gasteiger partial charge in [0, 0.05) is 29.6 Å². The van der Waals surface area contributed by atoms with Crippen LogP contribution in [0.2, 0.25) is 5.02 Å². The Balaban J connectivity index is 1.56. The van der Waals surface area contributed by atoms with Gasteiger partial charge in [0.05, 0.1) is 0 Å². The van der Waals surface area contributed by atoms with Gasteiger partial charge >= 0.3 is 6.09 Å². The van der Waals surface area contributed by atoms with Crippen molar-refractivity contribution in [1.82, 2.24) is 10.2 Å². The van der Waals surface area contributed by atoms with Crippen LogP contribution in [-0.2, 0) is 16.1 Å². The van der Waals surface area contributed by atoms with Gasteiger partial charge in [-0.1, -0.05) is 23.7 Å². The van der Waals surface area contributed by atoms with Gasteiger partial charge < -0.3 is 15.0 Å². The second kappa shape index (κ2) is 7.47. The topological polar surface area (TPSA) is 58.6 Å². The summed E-state index contributed by atoms with van der Waals surface area (Å²) < 4.78 is 5.54. The first kappa shape index (κ1) is 19.0. The lowest BCUT2D eigenvalue weighted by molar-refractivity contribution is -0.127. The van der Waals surface area contributed by atoms with E-state index in [-0.39, 0.29) is 30.0 Å². The van der Waals surface area contributed by atoms with E-state index < -0.39 is 5.60 Å². The Labute approximate surface area is 160 Å². The van der Waals surface area contributed by atoms with E-state index in [9.17, 15) is 9.59 Å². The van der Waals surface area contributed by atoms with Gasteiger partial charge in [-0.05, 0) is 64.2 Å². The molecule has 0 spiro atoms. The molecule has 1 unspecified atom stereocenters. The Bertz CT molecular complexity index is 672. The number of carbonyl (C=O) groups excluding carboxylic acids is 2. The highest BCUT2D eigenvalue weighted by atomic mass is 35.5. The molecule has 1 N–H and O–H groups in total. The lowest BCUT2D eigenvalue weighted by Crippen LogP contribution is -2.50. The van der Waals surface area contributed by atoms with Gasteiger partial charge in [0.2, 0.25) is 5.91 Å². The van der Waals surface area contributed by atoms with Crippen molar-refractivity contribution in [1.29, 1.82) is 0 Å². The van der Waals surface area contributed by atoms with Crippen LogP contribution < -0.4 is 5.32 Å². The number of carbonyl (C=O) groups is 2. The van der Waals surface area contributed by atoms with Crippen molar-refractivity contribution < 1.29 is 14.3 Å². The molecule has 2 bridgehead atoms. The Kier molecular flexibility index (Phi) is 5.47. The maximum absolute atomic E-state index is 12.6. The first-order valence-electron chi connectivity index (χ1n) is 9.26. The quantitative estimate of drug-likeness (QED) is 0.860. The first-order chi connectivity index (χ1) is 12.2. The third-order valence-electron chi connectivity index (χ3n) is 5.06. The highest BCUT2D eigenvalue weighted by Crippen LogP contribution is 2.39. The first-order valence-corrected chi connectivity index (χ1v) is 9.64. The molecule has 0 radical (unpaired) electrons. The number of halogens is 1. The smallest absolute Gasteiger partial charge is 0.410 e. The molecule has 2 fully saturated rings. The average molecular weight is 379 g/mol. The monoisotopic (exact) mass is 378 g/mol. The van der Waals surface area contributed by atoms with Crippen molar-refractivity contribution in [3.05, 3.63) is 34.9 Å². The summed E-state index contributed by atoms with van der Waals surface area (Å²) in [5.74, 6) is 0.0103. The Morgan fingerprint density at radius 2 is 1.88 bits per heavy atom. The molecule has 1 aromatic rings. The van der Waals surface area contributed by atoms with E-state index >= 15 is 0 Å². The van der Waals surface area contributed by atoms with Crippen molar-refractivity contribution in [3.8, 4) is 0 Å². The molecule has 0 aliphatic carbocycles. The summed E-state index contributed by atoms with van der Waals surface area (Å²) in [7, 11) is 0. The largest absolute Gasteiger partial charge is 0.444 e. The Morgan fingerprint density at radius 3 is 2.46 bits per heavy atom. The van der Waals surface area contributed by atoms with Gasteiger partial charge in [0.15, 0.2) is 0 Å². The summed E-state index contributed by atoms with van der Waals surface area (Å²) in [5, 5.41) is 3.68. The third kappa shape index (κ3) is 4.50. The van der Waals surface area contributed by atoms with E-state index in [0.717, 1.165) is 18.4 Å². The third-order valence-corrected chi connectivity index (χ3v) is 5.30. The highest BCUT2D eigenvalue weighted by Gasteiger charge is 2.46. The number of benzene rings is 1. The van der Waals surface area contributed by atoms with Gasteiger partial charge in [-0.3, -0.25) is 4.79 Å². The summed E-state index contributed by atoms with van der Waals surface area (Å²) in [6.45, 7) is 6.11. The van der Waals surface area contributed by atoms with Crippen LogP contribution in [-0.4, -0.2) is 34.6 Å². The molecule has 2 aliphatic heterocycles. The number of hydrogen-bond acceptors (Lipinski definition) is 3. The number of rotatable bonds is 3. The van der Waals surface area contributed by atoms with Crippen LogP contribution >= 0.6 is 11.6 Å². The molecule has 142 valence electrons. The minimum Gasteiger partial charge on any atom is -0.444 e. The van der Waals surface area contributed by atoms with Gasteiger partial charge in [-0.15, -0.1) is 0 Å². The number of fused-ring (bicyclic) bond motifs is 2. The second-order valence-corrected chi connectivity index (χ2v) is 8.73. The van der Waals surface area contributed by atoms with E-state index in [0.29, 0.717) is 24.4 Å². The molecule has 0 aromatic heterocycles. The van der Waals surface area contributed by atoms with Gasteiger partial charge in [0.1, 0.15) is 5.60 Å². The SMILES string of the molecule is CC(C)(C)OC(=O)N1[C@@H]2CC[C@H]1CC(C(=O)NCc1cccc(Cl)c1)C2. The number of piperidine rings is 1. The standard InChI is InChI=1S/C20H27ClN2O3/c1-20(2,3)26-19(25)23-16-7-8-17(23)11-14(10-16)18(24)22-12-13-5-4-6-15(21)9-13/h4-6,9,14,16-17H,7-8,10-12H2,1-3H3,(H,22,24)/t14?,16-,17+. The maximum atomic E-state index is 12.6. The fourth-order valence-corrected chi connectivity index (χ4v) is 4.20. The van der Waals surface area contributed by atoms with Crippen LogP contribution in [0, 0.1) is 5.92 Å². The van der Waals surface area contributed by atoms with Crippen LogP contribution in [0.15, 0.2) is 24.3 Å². The zero-order valence-corrected chi connectivity index (χ0v) is 16.4. The Morgan fingerprint density at radius 1 is 1.23 bits per heavy atom. The number of amides is 2. The highest BCUT2D eigenvalue weighted by molar-refractivity contribution is 6.30. The van der Waals surface area contributed by atoms with Crippen molar-refractivity contribution in [2.24, 2.45) is 5.92 Å². The summed E-state index contributed by atoms with van der Waals surface area (Å²) in [6.07, 6.45) is 3.06. The number of nitrogens with one attached hydrogen (secondary N) is 1. The molecule has 2 heterocycles. The molecule has 1 aromatic carbocycles. The minimum atomic E-state index is -0.498. The molecule has 26 heavy (non-hydrogen) atoms. The van der Waals surface area contributed by atoms with Crippen LogP contribution in [0.5, 0.6) is 0 Å². The van der Waals surface area contributed by atoms with Gasteiger partial charge in [0.25, 0.3) is 0 Å². The van der Waals surface area contributed by atoms with Crippen molar-refractivity contribution in [2.45, 2.75) is 70.7 Å². The van der Waals surface area contributed by atoms with Crippen LogP contribution in [0.3, 0.4) is 0 Å².